The van der Waals surface area contributed by atoms with Crippen molar-refractivity contribution in [1.29, 1.82) is 0 Å². The van der Waals surface area contributed by atoms with Gasteiger partial charge in [-0.05, 0) is 19.4 Å². The van der Waals surface area contributed by atoms with Gasteiger partial charge in [-0.3, -0.25) is 0 Å². The fraction of sp³-hybridized carbons (Fsp3) is 0.400. The molecule has 0 radical (unpaired) electrons. The van der Waals surface area contributed by atoms with E-state index in [0.717, 1.165) is 11.1 Å². The Kier molecular flexibility index (Phi) is 6.09. The van der Waals surface area contributed by atoms with E-state index < -0.39 is 6.10 Å². The number of rotatable bonds is 6. The Labute approximate surface area is 114 Å². The molecule has 0 spiro atoms. The first-order chi connectivity index (χ1) is 9.08. The van der Waals surface area contributed by atoms with E-state index in [9.17, 15) is 9.90 Å². The van der Waals surface area contributed by atoms with Gasteiger partial charge in [0.05, 0.1) is 12.6 Å². The van der Waals surface area contributed by atoms with E-state index >= 15 is 0 Å². The molecule has 1 aromatic carbocycles. The van der Waals surface area contributed by atoms with E-state index in [2.05, 4.69) is 11.9 Å². The third-order valence-electron chi connectivity index (χ3n) is 2.92. The average molecular weight is 262 g/mol. The van der Waals surface area contributed by atoms with E-state index in [1.165, 1.54) is 0 Å². The number of aliphatic hydroxyl groups is 1. The molecule has 0 aliphatic rings. The Hall–Kier alpha value is -1.81. The third kappa shape index (κ3) is 4.75. The Morgan fingerprint density at radius 3 is 2.63 bits per heavy atom. The number of benzene rings is 1. The number of aryl methyl sites for hydroxylation is 1. The highest BCUT2D eigenvalue weighted by Gasteiger charge is 2.16. The normalized spacial score (nSPS) is 11.7. The molecule has 4 heteroatoms. The highest BCUT2D eigenvalue weighted by Crippen LogP contribution is 2.15. The highest BCUT2D eigenvalue weighted by atomic mass is 16.3. The molecule has 0 heterocycles. The SMILES string of the molecule is C=CCNC(=O)N(CC)CC(O)c1ccc(C)cc1. The molecule has 0 aromatic heterocycles. The molecule has 1 aromatic rings. The Bertz CT molecular complexity index is 415. The molecule has 0 aliphatic carbocycles. The number of hydrogen-bond acceptors (Lipinski definition) is 2. The molecule has 1 rings (SSSR count). The first-order valence-electron chi connectivity index (χ1n) is 6.46. The van der Waals surface area contributed by atoms with Crippen LogP contribution < -0.4 is 5.32 Å². The lowest BCUT2D eigenvalue weighted by Crippen LogP contribution is -2.42. The molecular formula is C15H22N2O2. The number of likely N-dealkylation sites (N-methyl/N-ethyl adjacent to an activating group) is 1. The average Bonchev–Trinajstić information content (AvgIpc) is 2.42. The van der Waals surface area contributed by atoms with Crippen LogP contribution in [-0.4, -0.2) is 35.7 Å². The lowest BCUT2D eigenvalue weighted by Gasteiger charge is -2.24. The molecule has 104 valence electrons. The molecule has 0 bridgehead atoms. The van der Waals surface area contributed by atoms with Crippen LogP contribution in [0.3, 0.4) is 0 Å². The number of hydrogen-bond donors (Lipinski definition) is 2. The van der Waals surface area contributed by atoms with Crippen molar-refractivity contribution in [2.75, 3.05) is 19.6 Å². The quantitative estimate of drug-likeness (QED) is 0.773. The van der Waals surface area contributed by atoms with E-state index in [-0.39, 0.29) is 12.6 Å². The number of carbonyl (C=O) groups is 1. The van der Waals surface area contributed by atoms with Crippen molar-refractivity contribution in [3.8, 4) is 0 Å². The van der Waals surface area contributed by atoms with Gasteiger partial charge in [0, 0.05) is 13.1 Å². The first kappa shape index (κ1) is 15.2. The minimum Gasteiger partial charge on any atom is -0.387 e. The largest absolute Gasteiger partial charge is 0.387 e. The summed E-state index contributed by atoms with van der Waals surface area (Å²) < 4.78 is 0. The molecule has 2 amide bonds. The van der Waals surface area contributed by atoms with Gasteiger partial charge in [-0.25, -0.2) is 4.79 Å². The zero-order chi connectivity index (χ0) is 14.3. The molecule has 0 aliphatic heterocycles. The highest BCUT2D eigenvalue weighted by molar-refractivity contribution is 5.74. The summed E-state index contributed by atoms with van der Waals surface area (Å²) in [6.45, 7) is 8.69. The molecule has 2 N–H and O–H groups in total. The van der Waals surface area contributed by atoms with Crippen LogP contribution in [0.25, 0.3) is 0 Å². The Morgan fingerprint density at radius 2 is 2.11 bits per heavy atom. The van der Waals surface area contributed by atoms with Gasteiger partial charge in [0.1, 0.15) is 0 Å². The summed E-state index contributed by atoms with van der Waals surface area (Å²) in [6, 6.07) is 7.48. The predicted molar refractivity (Wildman–Crippen MR) is 77.0 cm³/mol. The number of carbonyl (C=O) groups excluding carboxylic acids is 1. The van der Waals surface area contributed by atoms with Crippen LogP contribution in [-0.2, 0) is 0 Å². The van der Waals surface area contributed by atoms with Crippen LogP contribution in [0.5, 0.6) is 0 Å². The van der Waals surface area contributed by atoms with E-state index in [1.807, 2.05) is 38.1 Å². The summed E-state index contributed by atoms with van der Waals surface area (Å²) in [4.78, 5) is 13.4. The lowest BCUT2D eigenvalue weighted by molar-refractivity contribution is 0.124. The van der Waals surface area contributed by atoms with Gasteiger partial charge in [-0.2, -0.15) is 0 Å². The topological polar surface area (TPSA) is 52.6 Å². The van der Waals surface area contributed by atoms with Crippen molar-refractivity contribution in [3.63, 3.8) is 0 Å². The maximum absolute atomic E-state index is 11.8. The fourth-order valence-electron chi connectivity index (χ4n) is 1.73. The summed E-state index contributed by atoms with van der Waals surface area (Å²) in [6.07, 6.45) is 0.956. The zero-order valence-corrected chi connectivity index (χ0v) is 11.6. The van der Waals surface area contributed by atoms with Crippen LogP contribution in [0.15, 0.2) is 36.9 Å². The predicted octanol–water partition coefficient (Wildman–Crippen LogP) is 2.25. The second-order valence-corrected chi connectivity index (χ2v) is 4.44. The molecule has 0 saturated heterocycles. The van der Waals surface area contributed by atoms with Crippen LogP contribution >= 0.6 is 0 Å². The monoisotopic (exact) mass is 262 g/mol. The number of aliphatic hydroxyl groups excluding tert-OH is 1. The molecule has 0 fully saturated rings. The number of amides is 2. The summed E-state index contributed by atoms with van der Waals surface area (Å²) in [5, 5.41) is 12.9. The Balaban J connectivity index is 2.61. The first-order valence-corrected chi connectivity index (χ1v) is 6.46. The number of urea groups is 1. The van der Waals surface area contributed by atoms with E-state index in [1.54, 1.807) is 11.0 Å². The summed E-state index contributed by atoms with van der Waals surface area (Å²) in [7, 11) is 0. The van der Waals surface area contributed by atoms with Gasteiger partial charge in [0.2, 0.25) is 0 Å². The maximum atomic E-state index is 11.8. The van der Waals surface area contributed by atoms with Gasteiger partial charge in [-0.1, -0.05) is 35.9 Å². The van der Waals surface area contributed by atoms with Crippen LogP contribution in [0.4, 0.5) is 4.79 Å². The standard InChI is InChI=1S/C15H22N2O2/c1-4-10-16-15(19)17(5-2)11-14(18)13-8-6-12(3)7-9-13/h4,6-9,14,18H,1,5,10-11H2,2-3H3,(H,16,19). The maximum Gasteiger partial charge on any atom is 0.317 e. The smallest absolute Gasteiger partial charge is 0.317 e. The summed E-state index contributed by atoms with van der Waals surface area (Å²) in [5.74, 6) is 0. The van der Waals surface area contributed by atoms with Gasteiger partial charge in [0.25, 0.3) is 0 Å². The fourth-order valence-corrected chi connectivity index (χ4v) is 1.73. The summed E-state index contributed by atoms with van der Waals surface area (Å²) >= 11 is 0. The summed E-state index contributed by atoms with van der Waals surface area (Å²) in [5.41, 5.74) is 1.97. The lowest BCUT2D eigenvalue weighted by atomic mass is 10.1. The second-order valence-electron chi connectivity index (χ2n) is 4.44. The van der Waals surface area contributed by atoms with Gasteiger partial charge < -0.3 is 15.3 Å². The second kappa shape index (κ2) is 7.59. The minimum absolute atomic E-state index is 0.187. The van der Waals surface area contributed by atoms with Crippen molar-refractivity contribution < 1.29 is 9.90 Å². The molecule has 4 nitrogen and oxygen atoms in total. The van der Waals surface area contributed by atoms with Crippen molar-refractivity contribution in [1.82, 2.24) is 10.2 Å². The van der Waals surface area contributed by atoms with Gasteiger partial charge in [0.15, 0.2) is 0 Å². The molecular weight excluding hydrogens is 240 g/mol. The molecule has 1 unspecified atom stereocenters. The Morgan fingerprint density at radius 1 is 1.47 bits per heavy atom. The molecule has 0 saturated carbocycles. The van der Waals surface area contributed by atoms with E-state index in [0.29, 0.717) is 13.1 Å². The third-order valence-corrected chi connectivity index (χ3v) is 2.92. The molecule has 19 heavy (non-hydrogen) atoms. The van der Waals surface area contributed by atoms with E-state index in [4.69, 9.17) is 0 Å². The van der Waals surface area contributed by atoms with Crippen molar-refractivity contribution >= 4 is 6.03 Å². The molecule has 1 atom stereocenters. The number of nitrogens with one attached hydrogen (secondary N) is 1. The van der Waals surface area contributed by atoms with Gasteiger partial charge >= 0.3 is 6.03 Å². The van der Waals surface area contributed by atoms with Crippen LogP contribution in [0.1, 0.15) is 24.2 Å². The van der Waals surface area contributed by atoms with Crippen molar-refractivity contribution in [2.45, 2.75) is 20.0 Å². The zero-order valence-electron chi connectivity index (χ0n) is 11.6. The van der Waals surface area contributed by atoms with Crippen molar-refractivity contribution in [3.05, 3.63) is 48.0 Å². The van der Waals surface area contributed by atoms with Crippen molar-refractivity contribution in [2.24, 2.45) is 0 Å². The minimum atomic E-state index is -0.671. The number of nitrogens with zero attached hydrogens (tertiary/aromatic N) is 1. The van der Waals surface area contributed by atoms with Gasteiger partial charge in [-0.15, -0.1) is 6.58 Å². The van der Waals surface area contributed by atoms with Crippen LogP contribution in [0, 0.1) is 6.92 Å². The van der Waals surface area contributed by atoms with Crippen LogP contribution in [0.2, 0.25) is 0 Å².